The van der Waals surface area contributed by atoms with Gasteiger partial charge in [0.1, 0.15) is 23.8 Å². The lowest BCUT2D eigenvalue weighted by molar-refractivity contribution is -0.119. The molecule has 0 bridgehead atoms. The maximum atomic E-state index is 13.5. The van der Waals surface area contributed by atoms with Crippen molar-refractivity contribution in [3.8, 4) is 17.1 Å². The minimum absolute atomic E-state index is 0.0320. The van der Waals surface area contributed by atoms with Crippen molar-refractivity contribution in [2.24, 2.45) is 5.10 Å². The fourth-order valence-corrected chi connectivity index (χ4v) is 5.37. The van der Waals surface area contributed by atoms with Crippen molar-refractivity contribution in [2.45, 2.75) is 18.7 Å². The van der Waals surface area contributed by atoms with E-state index in [0.717, 1.165) is 9.87 Å². The molecule has 4 aromatic rings. The standard InChI is InChI=1S/C30H28ClN3O7S/c1-3-39-25-13-11-24(12-14-25)34(42(37,38)27-16-9-23(31)10-17-27)20-29(35)33-32-19-26-15-18-28(41-26)21-5-7-22(8-6-21)30(36)40-4-2/h5-19H,3-4,20H2,1-2H3,(H,33,35)/b32-19-. The van der Waals surface area contributed by atoms with Crippen LogP contribution in [-0.4, -0.2) is 46.3 Å². The smallest absolute Gasteiger partial charge is 0.338 e. The third-order valence-corrected chi connectivity index (χ3v) is 7.85. The summed E-state index contributed by atoms with van der Waals surface area (Å²) in [6.07, 6.45) is 1.29. The lowest BCUT2D eigenvalue weighted by Crippen LogP contribution is -2.39. The van der Waals surface area contributed by atoms with Crippen LogP contribution < -0.4 is 14.5 Å². The van der Waals surface area contributed by atoms with E-state index in [2.05, 4.69) is 10.5 Å². The van der Waals surface area contributed by atoms with Crippen molar-refractivity contribution in [1.29, 1.82) is 0 Å². The Morgan fingerprint density at radius 3 is 2.26 bits per heavy atom. The van der Waals surface area contributed by atoms with E-state index in [9.17, 15) is 18.0 Å². The topological polar surface area (TPSA) is 128 Å². The summed E-state index contributed by atoms with van der Waals surface area (Å²) in [6.45, 7) is 3.76. The van der Waals surface area contributed by atoms with Crippen molar-refractivity contribution < 1.29 is 31.9 Å². The van der Waals surface area contributed by atoms with E-state index in [4.69, 9.17) is 25.5 Å². The number of hydrazone groups is 1. The average molecular weight is 610 g/mol. The third-order valence-electron chi connectivity index (χ3n) is 5.81. The molecule has 1 N–H and O–H groups in total. The molecule has 4 rings (SSSR count). The summed E-state index contributed by atoms with van der Waals surface area (Å²) in [7, 11) is -4.13. The molecule has 0 radical (unpaired) electrons. The number of benzene rings is 3. The van der Waals surface area contributed by atoms with Crippen LogP contribution in [-0.2, 0) is 19.6 Å². The minimum Gasteiger partial charge on any atom is -0.494 e. The molecule has 0 saturated carbocycles. The molecule has 3 aromatic carbocycles. The van der Waals surface area contributed by atoms with Crippen molar-refractivity contribution >= 4 is 45.4 Å². The summed E-state index contributed by atoms with van der Waals surface area (Å²) >= 11 is 5.94. The highest BCUT2D eigenvalue weighted by Gasteiger charge is 2.27. The van der Waals surface area contributed by atoms with Crippen LogP contribution >= 0.6 is 11.6 Å². The molecule has 1 aromatic heterocycles. The summed E-state index contributed by atoms with van der Waals surface area (Å²) in [4.78, 5) is 24.7. The number of rotatable bonds is 12. The van der Waals surface area contributed by atoms with Crippen LogP contribution in [0.15, 0.2) is 99.3 Å². The van der Waals surface area contributed by atoms with E-state index >= 15 is 0 Å². The van der Waals surface area contributed by atoms with Crippen LogP contribution in [0.5, 0.6) is 5.75 Å². The zero-order chi connectivity index (χ0) is 30.1. The Balaban J connectivity index is 1.46. The number of carbonyl (C=O) groups is 2. The van der Waals surface area contributed by atoms with Gasteiger partial charge in [0.15, 0.2) is 0 Å². The molecule has 0 aliphatic carbocycles. The fraction of sp³-hybridized carbons (Fsp3) is 0.167. The quantitative estimate of drug-likeness (QED) is 0.127. The zero-order valence-electron chi connectivity index (χ0n) is 22.8. The van der Waals surface area contributed by atoms with Crippen molar-refractivity contribution in [3.63, 3.8) is 0 Å². The molecule has 0 unspecified atom stereocenters. The highest BCUT2D eigenvalue weighted by atomic mass is 35.5. The number of hydrogen-bond acceptors (Lipinski definition) is 8. The van der Waals surface area contributed by atoms with Crippen molar-refractivity contribution in [1.82, 2.24) is 5.43 Å². The Labute approximate surface area is 248 Å². The lowest BCUT2D eigenvalue weighted by Gasteiger charge is -2.24. The van der Waals surface area contributed by atoms with Crippen LogP contribution in [0.25, 0.3) is 11.3 Å². The van der Waals surface area contributed by atoms with Crippen LogP contribution in [0.1, 0.15) is 30.0 Å². The molecule has 0 aliphatic rings. The number of sulfonamides is 1. The molecule has 12 heteroatoms. The fourth-order valence-electron chi connectivity index (χ4n) is 3.82. The highest BCUT2D eigenvalue weighted by Crippen LogP contribution is 2.27. The predicted molar refractivity (Wildman–Crippen MR) is 159 cm³/mol. The minimum atomic E-state index is -4.13. The summed E-state index contributed by atoms with van der Waals surface area (Å²) < 4.78 is 44.2. The molecule has 0 fully saturated rings. The molecule has 42 heavy (non-hydrogen) atoms. The maximum Gasteiger partial charge on any atom is 0.338 e. The van der Waals surface area contributed by atoms with Gasteiger partial charge in [-0.25, -0.2) is 18.6 Å². The van der Waals surface area contributed by atoms with Crippen molar-refractivity contribution in [2.75, 3.05) is 24.1 Å². The first-order chi connectivity index (χ1) is 20.2. The normalized spacial score (nSPS) is 11.3. The Kier molecular flexibility index (Phi) is 10.00. The number of anilines is 1. The zero-order valence-corrected chi connectivity index (χ0v) is 24.4. The van der Waals surface area contributed by atoms with Crippen LogP contribution in [0.2, 0.25) is 5.02 Å². The molecule has 0 aliphatic heterocycles. The Morgan fingerprint density at radius 2 is 1.62 bits per heavy atom. The van der Waals surface area contributed by atoms with Crippen molar-refractivity contribution in [3.05, 3.63) is 101 Å². The van der Waals surface area contributed by atoms with Gasteiger partial charge in [-0.05, 0) is 86.6 Å². The van der Waals surface area contributed by atoms with Gasteiger partial charge in [0.25, 0.3) is 15.9 Å². The van der Waals surface area contributed by atoms with E-state index in [1.165, 1.54) is 30.5 Å². The SMILES string of the molecule is CCOC(=O)c1ccc(-c2ccc(/C=N\NC(=O)CN(c3ccc(OCC)cc3)S(=O)(=O)c3ccc(Cl)cc3)o2)cc1. The second-order valence-electron chi connectivity index (χ2n) is 8.69. The molecule has 0 saturated heterocycles. The van der Waals surface area contributed by atoms with E-state index in [-0.39, 0.29) is 17.2 Å². The summed E-state index contributed by atoms with van der Waals surface area (Å²) in [5.74, 6) is 0.339. The number of furan rings is 1. The number of nitrogens with one attached hydrogen (secondary N) is 1. The van der Waals surface area contributed by atoms with Gasteiger partial charge in [-0.15, -0.1) is 0 Å². The predicted octanol–water partition coefficient (Wildman–Crippen LogP) is 5.52. The monoisotopic (exact) mass is 609 g/mol. The Bertz CT molecular complexity index is 1650. The maximum absolute atomic E-state index is 13.5. The van der Waals surface area contributed by atoms with Gasteiger partial charge in [0, 0.05) is 10.6 Å². The van der Waals surface area contributed by atoms with Gasteiger partial charge in [-0.3, -0.25) is 9.10 Å². The highest BCUT2D eigenvalue weighted by molar-refractivity contribution is 7.92. The molecule has 10 nitrogen and oxygen atoms in total. The van der Waals surface area contributed by atoms with Gasteiger partial charge >= 0.3 is 5.97 Å². The number of halogens is 1. The number of amides is 1. The van der Waals surface area contributed by atoms with Crippen LogP contribution in [0.4, 0.5) is 5.69 Å². The van der Waals surface area contributed by atoms with Gasteiger partial charge in [-0.2, -0.15) is 5.10 Å². The largest absolute Gasteiger partial charge is 0.494 e. The van der Waals surface area contributed by atoms with E-state index in [1.807, 2.05) is 6.92 Å². The summed E-state index contributed by atoms with van der Waals surface area (Å²) in [5.41, 5.74) is 3.76. The van der Waals surface area contributed by atoms with Gasteiger partial charge in [0.2, 0.25) is 0 Å². The number of ether oxygens (including phenoxy) is 2. The molecule has 1 heterocycles. The second-order valence-corrected chi connectivity index (χ2v) is 11.0. The molecule has 0 spiro atoms. The van der Waals surface area contributed by atoms with E-state index < -0.39 is 28.4 Å². The molecular formula is C30H28ClN3O7S. The lowest BCUT2D eigenvalue weighted by atomic mass is 10.1. The Hall–Kier alpha value is -4.61. The van der Waals surface area contributed by atoms with E-state index in [1.54, 1.807) is 67.6 Å². The third kappa shape index (κ3) is 7.56. The summed E-state index contributed by atoms with van der Waals surface area (Å²) in [6, 6.07) is 22.1. The second kappa shape index (κ2) is 13.8. The summed E-state index contributed by atoms with van der Waals surface area (Å²) in [5, 5.41) is 4.30. The van der Waals surface area contributed by atoms with Gasteiger partial charge in [-0.1, -0.05) is 23.7 Å². The first-order valence-electron chi connectivity index (χ1n) is 12.9. The average Bonchev–Trinajstić information content (AvgIpc) is 3.46. The molecular weight excluding hydrogens is 582 g/mol. The molecule has 0 atom stereocenters. The van der Waals surface area contributed by atoms with Gasteiger partial charge in [0.05, 0.1) is 35.6 Å². The Morgan fingerprint density at radius 1 is 0.929 bits per heavy atom. The van der Waals surface area contributed by atoms with Crippen LogP contribution in [0.3, 0.4) is 0 Å². The molecule has 218 valence electrons. The van der Waals surface area contributed by atoms with Crippen LogP contribution in [0, 0.1) is 0 Å². The number of carbonyl (C=O) groups excluding carboxylic acids is 2. The number of esters is 1. The molecule has 1 amide bonds. The number of hydrogen-bond donors (Lipinski definition) is 1. The number of nitrogens with zero attached hydrogens (tertiary/aromatic N) is 2. The van der Waals surface area contributed by atoms with E-state index in [0.29, 0.717) is 34.5 Å². The van der Waals surface area contributed by atoms with Gasteiger partial charge < -0.3 is 13.9 Å². The first-order valence-corrected chi connectivity index (χ1v) is 14.7. The first kappa shape index (κ1) is 30.4.